The van der Waals surface area contributed by atoms with Crippen LogP contribution in [0.3, 0.4) is 0 Å². The molecule has 5 N–H and O–H groups in total. The molecule has 0 fully saturated rings. The predicted octanol–water partition coefficient (Wildman–Crippen LogP) is 0.487. The van der Waals surface area contributed by atoms with Gasteiger partial charge in [-0.25, -0.2) is 5.48 Å². The summed E-state index contributed by atoms with van der Waals surface area (Å²) in [4.78, 5) is 35.3. The van der Waals surface area contributed by atoms with Gasteiger partial charge in [-0.3, -0.25) is 19.6 Å². The minimum absolute atomic E-state index is 0.344. The minimum atomic E-state index is -5.93. The zero-order chi connectivity index (χ0) is 22.4. The van der Waals surface area contributed by atoms with Gasteiger partial charge in [-0.1, -0.05) is 13.8 Å². The van der Waals surface area contributed by atoms with E-state index in [1.165, 1.54) is 19.2 Å². The molecule has 8 nitrogen and oxygen atoms in total. The minimum Gasteiger partial charge on any atom is -0.382 e. The zero-order valence-electron chi connectivity index (χ0n) is 15.0. The molecule has 3 atom stereocenters. The van der Waals surface area contributed by atoms with Crippen LogP contribution in [0.15, 0.2) is 0 Å². The lowest BCUT2D eigenvalue weighted by atomic mass is 9.89. The van der Waals surface area contributed by atoms with Gasteiger partial charge in [0.1, 0.15) is 12.1 Å². The maximum atomic E-state index is 13.0. The van der Waals surface area contributed by atoms with Gasteiger partial charge in [-0.2, -0.15) is 26.3 Å². The molecule has 0 aliphatic carbocycles. The van der Waals surface area contributed by atoms with Gasteiger partial charge in [0.15, 0.2) is 5.92 Å². The lowest BCUT2D eigenvalue weighted by Gasteiger charge is -2.32. The lowest BCUT2D eigenvalue weighted by molar-refractivity contribution is -0.289. The Morgan fingerprint density at radius 2 is 1.39 bits per heavy atom. The molecule has 3 unspecified atom stereocenters. The molecule has 0 bridgehead atoms. The van der Waals surface area contributed by atoms with E-state index in [-0.39, 0.29) is 6.42 Å². The van der Waals surface area contributed by atoms with Gasteiger partial charge in [0.05, 0.1) is 5.92 Å². The number of hydrogen-bond acceptors (Lipinski definition) is 5. The Morgan fingerprint density at radius 3 is 1.71 bits per heavy atom. The van der Waals surface area contributed by atoms with E-state index in [0.717, 1.165) is 12.5 Å². The molecule has 0 aromatic heterocycles. The van der Waals surface area contributed by atoms with Crippen molar-refractivity contribution in [1.82, 2.24) is 16.1 Å². The van der Waals surface area contributed by atoms with Gasteiger partial charge in [0.2, 0.25) is 11.8 Å². The molecular weight excluding hydrogens is 404 g/mol. The van der Waals surface area contributed by atoms with Crippen LogP contribution in [0.2, 0.25) is 0 Å². The van der Waals surface area contributed by atoms with Crippen LogP contribution in [0.1, 0.15) is 20.3 Å². The Morgan fingerprint density at radius 1 is 0.929 bits per heavy atom. The third-order valence-electron chi connectivity index (χ3n) is 3.69. The highest BCUT2D eigenvalue weighted by atomic mass is 19.4. The van der Waals surface area contributed by atoms with Gasteiger partial charge in [-0.15, -0.1) is 0 Å². The van der Waals surface area contributed by atoms with Gasteiger partial charge in [0.25, 0.3) is 5.91 Å². The SMILES string of the molecule is CNC(=O)C(NC(=O)C(CC(C)C)C(O)C(=O)NO)C(C(F)(F)F)C(F)(F)F. The average Bonchev–Trinajstić information content (AvgIpc) is 2.53. The van der Waals surface area contributed by atoms with Gasteiger partial charge in [0, 0.05) is 7.05 Å². The molecule has 28 heavy (non-hydrogen) atoms. The molecular formula is C14H21F6N3O5. The molecule has 0 aromatic rings. The molecule has 0 radical (unpaired) electrons. The monoisotopic (exact) mass is 425 g/mol. The fourth-order valence-corrected chi connectivity index (χ4v) is 2.42. The summed E-state index contributed by atoms with van der Waals surface area (Å²) in [6, 6.07) is -3.10. The van der Waals surface area contributed by atoms with E-state index >= 15 is 0 Å². The second-order valence-electron chi connectivity index (χ2n) is 6.32. The molecule has 0 saturated carbocycles. The first kappa shape index (κ1) is 25.9. The fraction of sp³-hybridized carbons (Fsp3) is 0.786. The third-order valence-corrected chi connectivity index (χ3v) is 3.69. The van der Waals surface area contributed by atoms with Crippen LogP contribution in [0.4, 0.5) is 26.3 Å². The first-order valence-corrected chi connectivity index (χ1v) is 7.85. The Balaban J connectivity index is 5.98. The number of rotatable bonds is 8. The molecule has 3 amide bonds. The van der Waals surface area contributed by atoms with Crippen molar-refractivity contribution < 1.29 is 51.0 Å². The maximum absolute atomic E-state index is 13.0. The highest BCUT2D eigenvalue weighted by Gasteiger charge is 2.62. The Bertz CT molecular complexity index is 553. The van der Waals surface area contributed by atoms with Gasteiger partial charge in [-0.05, 0) is 12.3 Å². The second-order valence-corrected chi connectivity index (χ2v) is 6.32. The van der Waals surface area contributed by atoms with Gasteiger partial charge < -0.3 is 15.7 Å². The average molecular weight is 425 g/mol. The Kier molecular flexibility index (Phi) is 9.17. The number of alkyl halides is 6. The number of likely N-dealkylation sites (N-methyl/N-ethyl adjacent to an activating group) is 1. The Hall–Kier alpha value is -2.09. The van der Waals surface area contributed by atoms with Crippen molar-refractivity contribution in [3.05, 3.63) is 0 Å². The van der Waals surface area contributed by atoms with Crippen LogP contribution in [0.25, 0.3) is 0 Å². The molecule has 0 rings (SSSR count). The molecule has 0 aromatic carbocycles. The number of hydrogen-bond donors (Lipinski definition) is 5. The largest absolute Gasteiger partial charge is 0.403 e. The zero-order valence-corrected chi connectivity index (χ0v) is 15.0. The van der Waals surface area contributed by atoms with Crippen LogP contribution >= 0.6 is 0 Å². The standard InChI is InChI=1S/C14H21F6N3O5/c1-5(2)4-6(8(24)12(27)23-28)10(25)22-7(11(26)21-3)9(13(15,16)17)14(18,19)20/h5-9,24,28H,4H2,1-3H3,(H,21,26)(H,22,25)(H,23,27). The number of aliphatic hydroxyl groups excluding tert-OH is 1. The number of carbonyl (C=O) groups is 3. The quantitative estimate of drug-likeness (QED) is 0.220. The fourth-order valence-electron chi connectivity index (χ4n) is 2.42. The van der Waals surface area contributed by atoms with E-state index < -0.39 is 60.0 Å². The summed E-state index contributed by atoms with van der Waals surface area (Å²) >= 11 is 0. The van der Waals surface area contributed by atoms with Crippen LogP contribution in [0.5, 0.6) is 0 Å². The van der Waals surface area contributed by atoms with Crippen LogP contribution in [0, 0.1) is 17.8 Å². The maximum Gasteiger partial charge on any atom is 0.403 e. The predicted molar refractivity (Wildman–Crippen MR) is 80.5 cm³/mol. The Labute approximate surface area is 155 Å². The van der Waals surface area contributed by atoms with Crippen molar-refractivity contribution in [3.63, 3.8) is 0 Å². The van der Waals surface area contributed by atoms with Crippen molar-refractivity contribution in [2.45, 2.75) is 44.8 Å². The van der Waals surface area contributed by atoms with Crippen molar-refractivity contribution >= 4 is 17.7 Å². The molecule has 0 aliphatic heterocycles. The normalized spacial score (nSPS) is 15.8. The summed E-state index contributed by atoms with van der Waals surface area (Å²) < 4.78 is 77.8. The molecule has 0 heterocycles. The third kappa shape index (κ3) is 7.14. The lowest BCUT2D eigenvalue weighted by Crippen LogP contribution is -2.60. The summed E-state index contributed by atoms with van der Waals surface area (Å²) in [6.07, 6.45) is -14.5. The van der Waals surface area contributed by atoms with Crippen molar-refractivity contribution in [1.29, 1.82) is 0 Å². The van der Waals surface area contributed by atoms with E-state index in [4.69, 9.17) is 5.21 Å². The topological polar surface area (TPSA) is 128 Å². The number of aliphatic hydroxyl groups is 1. The summed E-state index contributed by atoms with van der Waals surface area (Å²) in [5.41, 5.74) is 1.02. The summed E-state index contributed by atoms with van der Waals surface area (Å²) in [7, 11) is 0.769. The summed E-state index contributed by atoms with van der Waals surface area (Å²) in [6.45, 7) is 2.99. The van der Waals surface area contributed by atoms with E-state index in [1.54, 1.807) is 5.32 Å². The summed E-state index contributed by atoms with van der Waals surface area (Å²) in [5, 5.41) is 21.2. The number of carbonyl (C=O) groups excluding carboxylic acids is 3. The van der Waals surface area contributed by atoms with Crippen molar-refractivity contribution in [2.24, 2.45) is 17.8 Å². The molecule has 0 saturated heterocycles. The highest BCUT2D eigenvalue weighted by molar-refractivity contribution is 5.92. The second kappa shape index (κ2) is 9.91. The van der Waals surface area contributed by atoms with E-state index in [2.05, 4.69) is 0 Å². The number of halogens is 6. The molecule has 0 aliphatic rings. The highest BCUT2D eigenvalue weighted by Crippen LogP contribution is 2.41. The molecule has 14 heteroatoms. The first-order valence-electron chi connectivity index (χ1n) is 7.85. The molecule has 0 spiro atoms. The van der Waals surface area contributed by atoms with E-state index in [0.29, 0.717) is 0 Å². The van der Waals surface area contributed by atoms with Crippen LogP contribution in [-0.2, 0) is 14.4 Å². The van der Waals surface area contributed by atoms with Crippen molar-refractivity contribution in [2.75, 3.05) is 7.05 Å². The van der Waals surface area contributed by atoms with Gasteiger partial charge >= 0.3 is 12.4 Å². The van der Waals surface area contributed by atoms with Crippen LogP contribution < -0.4 is 16.1 Å². The van der Waals surface area contributed by atoms with Crippen LogP contribution in [-0.4, -0.2) is 59.6 Å². The number of hydroxylamine groups is 1. The van der Waals surface area contributed by atoms with Crippen molar-refractivity contribution in [3.8, 4) is 0 Å². The molecule has 164 valence electrons. The summed E-state index contributed by atoms with van der Waals surface area (Å²) in [5.74, 6) is -11.4. The number of amides is 3. The smallest absolute Gasteiger partial charge is 0.382 e. The van der Waals surface area contributed by atoms with E-state index in [1.807, 2.05) is 0 Å². The first-order chi connectivity index (χ1) is 12.6. The number of nitrogens with one attached hydrogen (secondary N) is 3. The van der Waals surface area contributed by atoms with E-state index in [9.17, 15) is 45.8 Å².